The Hall–Kier alpha value is -3.43. The topological polar surface area (TPSA) is 92.8 Å². The van der Waals surface area contributed by atoms with E-state index in [-0.39, 0.29) is 41.1 Å². The van der Waals surface area contributed by atoms with Crippen LogP contribution in [0.15, 0.2) is 71.6 Å². The average Bonchev–Trinajstić information content (AvgIpc) is 2.80. The van der Waals surface area contributed by atoms with Crippen LogP contribution in [0.3, 0.4) is 0 Å². The van der Waals surface area contributed by atoms with Gasteiger partial charge < -0.3 is 14.4 Å². The number of amides is 2. The van der Waals surface area contributed by atoms with Crippen molar-refractivity contribution in [2.75, 3.05) is 11.9 Å². The maximum absolute atomic E-state index is 14.3. The van der Waals surface area contributed by atoms with E-state index in [1.807, 2.05) is 13.8 Å². The van der Waals surface area contributed by atoms with E-state index >= 15 is 0 Å². The fourth-order valence-electron chi connectivity index (χ4n) is 3.50. The van der Waals surface area contributed by atoms with Crippen molar-refractivity contribution in [2.24, 2.45) is 5.92 Å². The van der Waals surface area contributed by atoms with Gasteiger partial charge in [0.25, 0.3) is 5.91 Å². The molecular formula is C26H26ClFN2O5S. The van der Waals surface area contributed by atoms with Gasteiger partial charge in [0.05, 0.1) is 5.56 Å². The molecule has 0 fully saturated rings. The number of nitrogens with zero attached hydrogens (tertiary/aromatic N) is 1. The molecule has 0 saturated carbocycles. The number of anilines is 1. The summed E-state index contributed by atoms with van der Waals surface area (Å²) in [7, 11) is -4.25. The molecule has 0 aliphatic rings. The zero-order valence-corrected chi connectivity index (χ0v) is 21.6. The molecule has 1 N–H and O–H groups in total. The molecule has 0 aliphatic heterocycles. The predicted octanol–water partition coefficient (Wildman–Crippen LogP) is 5.50. The summed E-state index contributed by atoms with van der Waals surface area (Å²) in [6.07, 6.45) is 0. The Labute approximate surface area is 215 Å². The van der Waals surface area contributed by atoms with E-state index in [1.165, 1.54) is 72.5 Å². The Morgan fingerprint density at radius 3 is 2.33 bits per heavy atom. The first kappa shape index (κ1) is 27.2. The molecule has 0 radical (unpaired) electrons. The Bertz CT molecular complexity index is 1360. The molecule has 3 aromatic rings. The lowest BCUT2D eigenvalue weighted by Crippen LogP contribution is -2.34. The van der Waals surface area contributed by atoms with E-state index < -0.39 is 21.8 Å². The van der Waals surface area contributed by atoms with E-state index in [1.54, 1.807) is 6.07 Å². The SMILES string of the molecule is CC(=O)Nc1ccc(S(=O)(=O)Oc2ccc(Cl)cc2CN(CC(C)C)C(=O)c2ccccc2F)cc1. The number of benzene rings is 3. The molecule has 0 aromatic heterocycles. The molecule has 0 aliphatic carbocycles. The van der Waals surface area contributed by atoms with Crippen LogP contribution < -0.4 is 9.50 Å². The van der Waals surface area contributed by atoms with Crippen molar-refractivity contribution in [3.63, 3.8) is 0 Å². The van der Waals surface area contributed by atoms with Crippen LogP contribution in [0.5, 0.6) is 5.75 Å². The van der Waals surface area contributed by atoms with E-state index in [2.05, 4.69) is 5.32 Å². The molecule has 0 atom stereocenters. The molecule has 2 amide bonds. The third-order valence-electron chi connectivity index (χ3n) is 5.02. The second-order valence-corrected chi connectivity index (χ2v) is 10.5. The van der Waals surface area contributed by atoms with E-state index in [0.29, 0.717) is 16.3 Å². The van der Waals surface area contributed by atoms with Gasteiger partial charge in [-0.25, -0.2) is 4.39 Å². The van der Waals surface area contributed by atoms with Crippen LogP contribution in [0.2, 0.25) is 5.02 Å². The van der Waals surface area contributed by atoms with E-state index in [9.17, 15) is 22.4 Å². The second-order valence-electron chi connectivity index (χ2n) is 8.55. The number of halogens is 2. The predicted molar refractivity (Wildman–Crippen MR) is 136 cm³/mol. The highest BCUT2D eigenvalue weighted by molar-refractivity contribution is 7.87. The number of hydrogen-bond donors (Lipinski definition) is 1. The zero-order valence-electron chi connectivity index (χ0n) is 20.0. The monoisotopic (exact) mass is 532 g/mol. The van der Waals surface area contributed by atoms with Crippen molar-refractivity contribution in [1.29, 1.82) is 0 Å². The minimum atomic E-state index is -4.25. The maximum Gasteiger partial charge on any atom is 0.339 e. The number of carbonyl (C=O) groups excluding carboxylic acids is 2. The van der Waals surface area contributed by atoms with Gasteiger partial charge in [-0.05, 0) is 60.5 Å². The summed E-state index contributed by atoms with van der Waals surface area (Å²) >= 11 is 6.17. The van der Waals surface area contributed by atoms with Gasteiger partial charge in [-0.3, -0.25) is 9.59 Å². The summed E-state index contributed by atoms with van der Waals surface area (Å²) < 4.78 is 45.7. The zero-order chi connectivity index (χ0) is 26.5. The van der Waals surface area contributed by atoms with Crippen molar-refractivity contribution >= 4 is 39.2 Å². The van der Waals surface area contributed by atoms with Gasteiger partial charge in [0, 0.05) is 36.3 Å². The number of hydrogen-bond acceptors (Lipinski definition) is 5. The molecule has 0 spiro atoms. The van der Waals surface area contributed by atoms with Crippen LogP contribution in [0.4, 0.5) is 10.1 Å². The number of nitrogens with one attached hydrogen (secondary N) is 1. The van der Waals surface area contributed by atoms with Gasteiger partial charge >= 0.3 is 10.1 Å². The van der Waals surface area contributed by atoms with Gasteiger partial charge in [0.2, 0.25) is 5.91 Å². The number of carbonyl (C=O) groups is 2. The van der Waals surface area contributed by atoms with Crippen molar-refractivity contribution in [1.82, 2.24) is 4.90 Å². The smallest absolute Gasteiger partial charge is 0.339 e. The summed E-state index contributed by atoms with van der Waals surface area (Å²) in [6, 6.07) is 15.6. The van der Waals surface area contributed by atoms with Gasteiger partial charge in [0.15, 0.2) is 0 Å². The minimum absolute atomic E-state index is 0.0135. The van der Waals surface area contributed by atoms with Crippen LogP contribution in [0.25, 0.3) is 0 Å². The highest BCUT2D eigenvalue weighted by Gasteiger charge is 2.24. The molecule has 0 bridgehead atoms. The fourth-order valence-corrected chi connectivity index (χ4v) is 4.66. The third kappa shape index (κ3) is 7.05. The lowest BCUT2D eigenvalue weighted by atomic mass is 10.1. The minimum Gasteiger partial charge on any atom is -0.379 e. The van der Waals surface area contributed by atoms with Gasteiger partial charge in [-0.15, -0.1) is 0 Å². The lowest BCUT2D eigenvalue weighted by Gasteiger charge is -2.26. The van der Waals surface area contributed by atoms with E-state index in [4.69, 9.17) is 15.8 Å². The summed E-state index contributed by atoms with van der Waals surface area (Å²) in [5.41, 5.74) is 0.686. The Balaban J connectivity index is 1.92. The van der Waals surface area contributed by atoms with E-state index in [0.717, 1.165) is 0 Å². The Kier molecular flexibility index (Phi) is 8.70. The molecule has 36 heavy (non-hydrogen) atoms. The molecule has 3 aromatic carbocycles. The molecule has 7 nitrogen and oxygen atoms in total. The van der Waals surface area contributed by atoms with Crippen LogP contribution in [0.1, 0.15) is 36.7 Å². The molecular weight excluding hydrogens is 507 g/mol. The summed E-state index contributed by atoms with van der Waals surface area (Å²) in [6.45, 7) is 5.39. The first-order chi connectivity index (χ1) is 17.0. The van der Waals surface area contributed by atoms with Crippen LogP contribution in [0, 0.1) is 11.7 Å². The Morgan fingerprint density at radius 2 is 1.72 bits per heavy atom. The van der Waals surface area contributed by atoms with Crippen molar-refractivity contribution in [3.8, 4) is 5.75 Å². The normalized spacial score (nSPS) is 11.3. The molecule has 0 heterocycles. The molecule has 0 unspecified atom stereocenters. The molecule has 0 saturated heterocycles. The summed E-state index contributed by atoms with van der Waals surface area (Å²) in [5.74, 6) is -1.44. The summed E-state index contributed by atoms with van der Waals surface area (Å²) in [5, 5.41) is 2.88. The third-order valence-corrected chi connectivity index (χ3v) is 6.51. The van der Waals surface area contributed by atoms with Crippen molar-refractivity contribution in [3.05, 3.63) is 88.7 Å². The maximum atomic E-state index is 14.3. The van der Waals surface area contributed by atoms with Gasteiger partial charge in [-0.1, -0.05) is 37.6 Å². The fraction of sp³-hybridized carbons (Fsp3) is 0.231. The largest absolute Gasteiger partial charge is 0.379 e. The van der Waals surface area contributed by atoms with Crippen LogP contribution >= 0.6 is 11.6 Å². The lowest BCUT2D eigenvalue weighted by molar-refractivity contribution is -0.114. The first-order valence-corrected chi connectivity index (χ1v) is 12.9. The van der Waals surface area contributed by atoms with Crippen molar-refractivity contribution < 1.29 is 26.6 Å². The summed E-state index contributed by atoms with van der Waals surface area (Å²) in [4.78, 5) is 25.7. The van der Waals surface area contributed by atoms with Crippen LogP contribution in [-0.4, -0.2) is 31.7 Å². The first-order valence-electron chi connectivity index (χ1n) is 11.1. The molecule has 190 valence electrons. The standard InChI is InChI=1S/C26H26ClFN2O5S/c1-17(2)15-30(26(32)23-6-4-5-7-24(23)28)16-19-14-20(27)8-13-25(19)35-36(33,34)22-11-9-21(10-12-22)29-18(3)31/h4-14,17H,15-16H2,1-3H3,(H,29,31). The number of rotatable bonds is 9. The molecule has 3 rings (SSSR count). The Morgan fingerprint density at radius 1 is 1.06 bits per heavy atom. The van der Waals surface area contributed by atoms with Crippen LogP contribution in [-0.2, 0) is 21.5 Å². The molecule has 10 heteroatoms. The second kappa shape index (κ2) is 11.5. The van der Waals surface area contributed by atoms with Gasteiger partial charge in [0.1, 0.15) is 16.5 Å². The highest BCUT2D eigenvalue weighted by atomic mass is 35.5. The average molecular weight is 533 g/mol. The van der Waals surface area contributed by atoms with Gasteiger partial charge in [-0.2, -0.15) is 8.42 Å². The quantitative estimate of drug-likeness (QED) is 0.367. The highest BCUT2D eigenvalue weighted by Crippen LogP contribution is 2.29. The van der Waals surface area contributed by atoms with Crippen molar-refractivity contribution in [2.45, 2.75) is 32.2 Å².